The Kier molecular flexibility index (Phi) is 16.7. The fourth-order valence-corrected chi connectivity index (χ4v) is 6.52. The quantitative estimate of drug-likeness (QED) is 0.105. The van der Waals surface area contributed by atoms with Crippen LogP contribution in [-0.4, -0.2) is 162 Å². The van der Waals surface area contributed by atoms with Crippen molar-refractivity contribution in [2.45, 2.75) is 46.1 Å². The molecular formula is C38H51N9O9. The number of pyridine rings is 3. The summed E-state index contributed by atoms with van der Waals surface area (Å²) in [6.45, 7) is 5.93. The monoisotopic (exact) mass is 777 g/mol. The number of carbonyl (C=O) groups excluding carboxylic acids is 1. The summed E-state index contributed by atoms with van der Waals surface area (Å²) >= 11 is 0. The summed E-state index contributed by atoms with van der Waals surface area (Å²) in [7, 11) is 1.56. The van der Waals surface area contributed by atoms with Crippen molar-refractivity contribution in [1.82, 2.24) is 44.8 Å². The van der Waals surface area contributed by atoms with E-state index in [0.717, 1.165) is 22.6 Å². The number of rotatable bonds is 20. The number of hydrogen-bond donors (Lipinski definition) is 5. The Labute approximate surface area is 325 Å². The third-order valence-electron chi connectivity index (χ3n) is 9.09. The molecule has 0 aliphatic carbocycles. The van der Waals surface area contributed by atoms with E-state index in [2.05, 4.69) is 25.0 Å². The van der Waals surface area contributed by atoms with Gasteiger partial charge in [0, 0.05) is 79.0 Å². The van der Waals surface area contributed by atoms with Gasteiger partial charge in [-0.3, -0.25) is 58.4 Å². The number of aromatic nitrogens is 3. The predicted octanol–water partition coefficient (Wildman–Crippen LogP) is 0.556. The molecule has 0 spiro atoms. The van der Waals surface area contributed by atoms with Crippen molar-refractivity contribution in [2.24, 2.45) is 0 Å². The zero-order valence-electron chi connectivity index (χ0n) is 31.8. The molecule has 1 fully saturated rings. The summed E-state index contributed by atoms with van der Waals surface area (Å²) in [4.78, 5) is 81.7. The molecular weight excluding hydrogens is 726 g/mol. The molecule has 1 aliphatic heterocycles. The van der Waals surface area contributed by atoms with Crippen LogP contribution in [-0.2, 0) is 58.3 Å². The Morgan fingerprint density at radius 2 is 0.982 bits per heavy atom. The van der Waals surface area contributed by atoms with Crippen LogP contribution >= 0.6 is 0 Å². The van der Waals surface area contributed by atoms with Crippen LogP contribution in [0.4, 0.5) is 0 Å². The average molecular weight is 778 g/mol. The molecule has 0 aromatic carbocycles. The first kappa shape index (κ1) is 43.3. The van der Waals surface area contributed by atoms with Gasteiger partial charge in [0.05, 0.1) is 54.6 Å². The SMILES string of the molecule is CCc1cc(CN2CCN(Cc3cccc(CN(CC(=O)O)CC(=O)O)n3)CCN(Cc3cccc(C(=O)NC)n3)CC2)nc(CN(CC(=O)O)CC(=O)O)c1. The van der Waals surface area contributed by atoms with Gasteiger partial charge in [-0.05, 0) is 48.4 Å². The van der Waals surface area contributed by atoms with E-state index < -0.39 is 50.1 Å². The molecule has 0 atom stereocenters. The van der Waals surface area contributed by atoms with Gasteiger partial charge in [0.25, 0.3) is 5.91 Å². The Bertz CT molecular complexity index is 1800. The second-order valence-electron chi connectivity index (χ2n) is 13.7. The summed E-state index contributed by atoms with van der Waals surface area (Å²) in [6.07, 6.45) is 0.709. The van der Waals surface area contributed by atoms with Gasteiger partial charge < -0.3 is 25.7 Å². The van der Waals surface area contributed by atoms with Crippen molar-refractivity contribution in [3.63, 3.8) is 0 Å². The normalized spacial score (nSPS) is 14.6. The van der Waals surface area contributed by atoms with E-state index in [9.17, 15) is 44.4 Å². The largest absolute Gasteiger partial charge is 0.480 e. The summed E-state index contributed by atoms with van der Waals surface area (Å²) in [5, 5.41) is 39.9. The van der Waals surface area contributed by atoms with Gasteiger partial charge in [-0.1, -0.05) is 19.1 Å². The van der Waals surface area contributed by atoms with Gasteiger partial charge in [0.2, 0.25) is 0 Å². The maximum Gasteiger partial charge on any atom is 0.317 e. The van der Waals surface area contributed by atoms with Crippen LogP contribution in [0.5, 0.6) is 0 Å². The summed E-state index contributed by atoms with van der Waals surface area (Å²) < 4.78 is 0. The first-order valence-corrected chi connectivity index (χ1v) is 18.4. The van der Waals surface area contributed by atoms with E-state index in [1.807, 2.05) is 43.3 Å². The fraction of sp³-hybridized carbons (Fsp3) is 0.474. The van der Waals surface area contributed by atoms with E-state index in [1.165, 1.54) is 9.80 Å². The zero-order valence-corrected chi connectivity index (χ0v) is 31.8. The topological polar surface area (TPSA) is 233 Å². The highest BCUT2D eigenvalue weighted by Crippen LogP contribution is 2.15. The number of carboxylic acid groups (broad SMARTS) is 4. The molecule has 18 nitrogen and oxygen atoms in total. The molecule has 3 aromatic heterocycles. The second kappa shape index (κ2) is 21.6. The minimum Gasteiger partial charge on any atom is -0.480 e. The average Bonchev–Trinajstić information content (AvgIpc) is 3.21. The second-order valence-corrected chi connectivity index (χ2v) is 13.7. The van der Waals surface area contributed by atoms with Gasteiger partial charge >= 0.3 is 23.9 Å². The van der Waals surface area contributed by atoms with E-state index in [4.69, 9.17) is 9.97 Å². The molecule has 302 valence electrons. The lowest BCUT2D eigenvalue weighted by molar-refractivity contribution is -0.144. The summed E-state index contributed by atoms with van der Waals surface area (Å²) in [5.74, 6) is -4.78. The molecule has 1 amide bonds. The fourth-order valence-electron chi connectivity index (χ4n) is 6.52. The number of nitrogens with one attached hydrogen (secondary N) is 1. The van der Waals surface area contributed by atoms with Crippen LogP contribution in [0.25, 0.3) is 0 Å². The maximum atomic E-state index is 12.3. The standard InChI is InChI=1S/C38H51N9O9/c1-3-27-16-31(41-32(17-27)22-47(25-36(52)53)26-37(54)55)21-45-14-12-43(10-11-44(13-15-45)19-30-8-5-9-33(42-30)38(56)39-2)18-28-6-4-7-29(40-28)20-46(23-34(48)49)24-35(50)51/h4-9,16-17H,3,10-15,18-26H2,1-2H3,(H,39,56)(H,48,49)(H,50,51)(H,52,53)(H,54,55). The highest BCUT2D eigenvalue weighted by atomic mass is 16.4. The highest BCUT2D eigenvalue weighted by molar-refractivity contribution is 5.92. The number of amides is 1. The van der Waals surface area contributed by atoms with Crippen molar-refractivity contribution in [1.29, 1.82) is 0 Å². The first-order valence-electron chi connectivity index (χ1n) is 18.4. The highest BCUT2D eigenvalue weighted by Gasteiger charge is 2.21. The van der Waals surface area contributed by atoms with Crippen LogP contribution in [0.15, 0.2) is 48.5 Å². The van der Waals surface area contributed by atoms with E-state index >= 15 is 0 Å². The Morgan fingerprint density at radius 1 is 0.589 bits per heavy atom. The molecule has 0 unspecified atom stereocenters. The molecule has 56 heavy (non-hydrogen) atoms. The minimum absolute atomic E-state index is 0.0618. The van der Waals surface area contributed by atoms with Crippen LogP contribution in [0.1, 0.15) is 51.4 Å². The number of nitrogens with zero attached hydrogens (tertiary/aromatic N) is 8. The molecule has 0 saturated carbocycles. The van der Waals surface area contributed by atoms with Gasteiger partial charge in [-0.2, -0.15) is 0 Å². The van der Waals surface area contributed by atoms with Crippen LogP contribution in [0.3, 0.4) is 0 Å². The number of aliphatic carboxylic acids is 4. The molecule has 1 aliphatic rings. The van der Waals surface area contributed by atoms with Crippen molar-refractivity contribution in [2.75, 3.05) is 72.5 Å². The molecule has 3 aromatic rings. The van der Waals surface area contributed by atoms with E-state index in [1.54, 1.807) is 19.2 Å². The Balaban J connectivity index is 1.57. The number of aryl methyl sites for hydroxylation is 1. The van der Waals surface area contributed by atoms with Crippen molar-refractivity contribution in [3.8, 4) is 0 Å². The molecule has 5 N–H and O–H groups in total. The molecule has 1 saturated heterocycles. The molecule has 0 bridgehead atoms. The lowest BCUT2D eigenvalue weighted by atomic mass is 10.1. The Hall–Kier alpha value is -5.40. The third-order valence-corrected chi connectivity index (χ3v) is 9.09. The molecule has 4 rings (SSSR count). The Morgan fingerprint density at radius 3 is 1.45 bits per heavy atom. The smallest absolute Gasteiger partial charge is 0.317 e. The van der Waals surface area contributed by atoms with Crippen LogP contribution in [0.2, 0.25) is 0 Å². The van der Waals surface area contributed by atoms with E-state index in [0.29, 0.717) is 82.4 Å². The third kappa shape index (κ3) is 15.0. The first-order chi connectivity index (χ1) is 26.8. The molecule has 4 heterocycles. The van der Waals surface area contributed by atoms with Crippen molar-refractivity contribution >= 4 is 29.8 Å². The lowest BCUT2D eigenvalue weighted by Gasteiger charge is -2.26. The number of carbonyl (C=O) groups is 5. The maximum absolute atomic E-state index is 12.3. The van der Waals surface area contributed by atoms with Gasteiger partial charge in [-0.25, -0.2) is 4.98 Å². The van der Waals surface area contributed by atoms with Gasteiger partial charge in [0.1, 0.15) is 5.69 Å². The number of carboxylic acids is 4. The number of hydrogen-bond acceptors (Lipinski definition) is 13. The van der Waals surface area contributed by atoms with E-state index in [-0.39, 0.29) is 19.0 Å². The summed E-state index contributed by atoms with van der Waals surface area (Å²) in [5.41, 5.74) is 4.76. The van der Waals surface area contributed by atoms with Crippen molar-refractivity contribution < 1.29 is 44.4 Å². The molecule has 18 heteroatoms. The zero-order chi connectivity index (χ0) is 40.6. The lowest BCUT2D eigenvalue weighted by Crippen LogP contribution is -2.36. The van der Waals surface area contributed by atoms with Crippen molar-refractivity contribution in [3.05, 3.63) is 88.3 Å². The van der Waals surface area contributed by atoms with Gasteiger partial charge in [0.15, 0.2) is 0 Å². The van der Waals surface area contributed by atoms with Crippen LogP contribution in [0, 0.1) is 0 Å². The summed E-state index contributed by atoms with van der Waals surface area (Å²) in [6, 6.07) is 14.7. The predicted molar refractivity (Wildman–Crippen MR) is 202 cm³/mol. The van der Waals surface area contributed by atoms with Gasteiger partial charge in [-0.15, -0.1) is 0 Å². The molecule has 0 radical (unpaired) electrons. The minimum atomic E-state index is -1.13. The van der Waals surface area contributed by atoms with Crippen LogP contribution < -0.4 is 5.32 Å².